The van der Waals surface area contributed by atoms with Crippen LogP contribution in [0.1, 0.15) is 10.4 Å². The Balaban J connectivity index is 2.58. The predicted octanol–water partition coefficient (Wildman–Crippen LogP) is -0.469. The van der Waals surface area contributed by atoms with Crippen molar-refractivity contribution < 1.29 is 19.8 Å². The van der Waals surface area contributed by atoms with Crippen molar-refractivity contribution in [2.24, 2.45) is 0 Å². The number of carboxylic acids is 2. The quantitative estimate of drug-likeness (QED) is 0.675. The Morgan fingerprint density at radius 1 is 1.47 bits per heavy atom. The molecule has 100 valence electrons. The number of hydrogen-bond donors (Lipinski definition) is 3. The van der Waals surface area contributed by atoms with Crippen LogP contribution in [0.2, 0.25) is 0 Å². The highest BCUT2D eigenvalue weighted by Gasteiger charge is 2.18. The molecule has 0 saturated carbocycles. The lowest BCUT2D eigenvalue weighted by Gasteiger charge is -2.18. The van der Waals surface area contributed by atoms with Crippen LogP contribution < -0.4 is 10.6 Å². The van der Waals surface area contributed by atoms with E-state index in [0.717, 1.165) is 0 Å². The lowest BCUT2D eigenvalue weighted by Crippen LogP contribution is -2.27. The number of nitrogens with two attached hydrogens (primary N) is 1. The molecular formula is C10H11N5O4. The average Bonchev–Trinajstić information content (AvgIpc) is 2.65. The minimum atomic E-state index is -1.18. The van der Waals surface area contributed by atoms with Crippen LogP contribution in [0.15, 0.2) is 12.3 Å². The maximum absolute atomic E-state index is 11.2. The first-order valence-corrected chi connectivity index (χ1v) is 5.20. The van der Waals surface area contributed by atoms with Crippen molar-refractivity contribution in [3.63, 3.8) is 0 Å². The SMILES string of the molecule is CN(CC(=O)O)c1cn2nc(N)nc2cc1C(=O)O. The molecule has 0 bridgehead atoms. The third-order valence-corrected chi connectivity index (χ3v) is 2.48. The first kappa shape index (κ1) is 12.6. The van der Waals surface area contributed by atoms with Gasteiger partial charge < -0.3 is 20.8 Å². The third kappa shape index (κ3) is 2.39. The number of aromatic carboxylic acids is 1. The molecule has 0 aliphatic rings. The van der Waals surface area contributed by atoms with Gasteiger partial charge in [0.25, 0.3) is 0 Å². The Hall–Kier alpha value is -2.84. The van der Waals surface area contributed by atoms with Crippen molar-refractivity contribution in [1.29, 1.82) is 0 Å². The number of fused-ring (bicyclic) bond motifs is 1. The average molecular weight is 265 g/mol. The van der Waals surface area contributed by atoms with Gasteiger partial charge in [-0.2, -0.15) is 4.98 Å². The van der Waals surface area contributed by atoms with Gasteiger partial charge in [0.1, 0.15) is 6.54 Å². The maximum Gasteiger partial charge on any atom is 0.338 e. The van der Waals surface area contributed by atoms with Crippen molar-refractivity contribution in [3.05, 3.63) is 17.8 Å². The summed E-state index contributed by atoms with van der Waals surface area (Å²) in [5, 5.41) is 21.8. The summed E-state index contributed by atoms with van der Waals surface area (Å²) < 4.78 is 1.30. The number of hydrogen-bond acceptors (Lipinski definition) is 6. The van der Waals surface area contributed by atoms with Crippen molar-refractivity contribution in [2.75, 3.05) is 24.2 Å². The summed E-state index contributed by atoms with van der Waals surface area (Å²) in [5.74, 6) is -2.25. The summed E-state index contributed by atoms with van der Waals surface area (Å²) in [6.45, 7) is -0.337. The number of likely N-dealkylation sites (N-methyl/N-ethyl adjacent to an activating group) is 1. The number of carbonyl (C=O) groups is 2. The number of aromatic nitrogens is 3. The molecule has 0 aliphatic heterocycles. The van der Waals surface area contributed by atoms with Gasteiger partial charge in [-0.25, -0.2) is 9.31 Å². The topological polar surface area (TPSA) is 134 Å². The van der Waals surface area contributed by atoms with Gasteiger partial charge in [0.05, 0.1) is 17.4 Å². The van der Waals surface area contributed by atoms with E-state index in [1.807, 2.05) is 0 Å². The lowest BCUT2D eigenvalue weighted by molar-refractivity contribution is -0.135. The lowest BCUT2D eigenvalue weighted by atomic mass is 10.2. The summed E-state index contributed by atoms with van der Waals surface area (Å²) in [6.07, 6.45) is 1.38. The summed E-state index contributed by atoms with van der Waals surface area (Å²) in [4.78, 5) is 27.0. The van der Waals surface area contributed by atoms with E-state index in [-0.39, 0.29) is 29.4 Å². The number of rotatable bonds is 4. The third-order valence-electron chi connectivity index (χ3n) is 2.48. The Bertz CT molecular complexity index is 665. The van der Waals surface area contributed by atoms with E-state index in [1.165, 1.54) is 28.7 Å². The van der Waals surface area contributed by atoms with E-state index in [9.17, 15) is 9.59 Å². The summed E-state index contributed by atoms with van der Waals surface area (Å²) in [6, 6.07) is 1.29. The van der Waals surface area contributed by atoms with Gasteiger partial charge in [-0.3, -0.25) is 4.79 Å². The first-order valence-electron chi connectivity index (χ1n) is 5.20. The van der Waals surface area contributed by atoms with E-state index < -0.39 is 11.9 Å². The second-order valence-corrected chi connectivity index (χ2v) is 3.90. The zero-order valence-electron chi connectivity index (χ0n) is 9.94. The molecule has 0 aliphatic carbocycles. The molecule has 0 aromatic carbocycles. The van der Waals surface area contributed by atoms with Crippen LogP contribution in [0, 0.1) is 0 Å². The van der Waals surface area contributed by atoms with Crippen LogP contribution >= 0.6 is 0 Å². The molecule has 19 heavy (non-hydrogen) atoms. The molecule has 2 rings (SSSR count). The van der Waals surface area contributed by atoms with Crippen molar-refractivity contribution in [3.8, 4) is 0 Å². The van der Waals surface area contributed by atoms with Gasteiger partial charge in [0.2, 0.25) is 5.95 Å². The highest BCUT2D eigenvalue weighted by molar-refractivity contribution is 5.96. The number of carboxylic acid groups (broad SMARTS) is 2. The molecule has 2 aromatic rings. The molecule has 9 nitrogen and oxygen atoms in total. The Kier molecular flexibility index (Phi) is 2.95. The fourth-order valence-corrected chi connectivity index (χ4v) is 1.70. The molecule has 2 aromatic heterocycles. The highest BCUT2D eigenvalue weighted by atomic mass is 16.4. The van der Waals surface area contributed by atoms with E-state index in [0.29, 0.717) is 0 Å². The van der Waals surface area contributed by atoms with E-state index in [2.05, 4.69) is 10.1 Å². The molecule has 2 heterocycles. The Morgan fingerprint density at radius 2 is 2.16 bits per heavy atom. The molecule has 9 heteroatoms. The van der Waals surface area contributed by atoms with Crippen molar-refractivity contribution >= 4 is 29.2 Å². The normalized spacial score (nSPS) is 10.6. The van der Waals surface area contributed by atoms with Gasteiger partial charge in [-0.05, 0) is 6.07 Å². The predicted molar refractivity (Wildman–Crippen MR) is 65.3 cm³/mol. The van der Waals surface area contributed by atoms with Gasteiger partial charge in [0, 0.05) is 7.05 Å². The summed E-state index contributed by atoms with van der Waals surface area (Å²) in [7, 11) is 1.47. The largest absolute Gasteiger partial charge is 0.480 e. The smallest absolute Gasteiger partial charge is 0.338 e. The fourth-order valence-electron chi connectivity index (χ4n) is 1.70. The zero-order valence-corrected chi connectivity index (χ0v) is 9.94. The molecule has 0 spiro atoms. The van der Waals surface area contributed by atoms with Gasteiger partial charge in [0.15, 0.2) is 5.65 Å². The molecule has 4 N–H and O–H groups in total. The Morgan fingerprint density at radius 3 is 2.74 bits per heavy atom. The van der Waals surface area contributed by atoms with Crippen LogP contribution in [0.4, 0.5) is 11.6 Å². The highest BCUT2D eigenvalue weighted by Crippen LogP contribution is 2.21. The number of aliphatic carboxylic acids is 1. The minimum absolute atomic E-state index is 0.00868. The van der Waals surface area contributed by atoms with Crippen LogP contribution in [0.5, 0.6) is 0 Å². The standard InChI is InChI=1S/C10H11N5O4/c1-14(4-8(16)17)6-3-15-7(12-10(11)13-15)2-5(6)9(18)19/h2-3H,4H2,1H3,(H2,11,13)(H,16,17)(H,18,19). The molecule has 0 radical (unpaired) electrons. The number of nitrogen functional groups attached to an aromatic ring is 1. The minimum Gasteiger partial charge on any atom is -0.480 e. The molecule has 0 amide bonds. The first-order chi connectivity index (χ1) is 8.88. The molecular weight excluding hydrogens is 254 g/mol. The number of anilines is 2. The van der Waals surface area contributed by atoms with Gasteiger partial charge in [-0.1, -0.05) is 0 Å². The molecule has 0 fully saturated rings. The summed E-state index contributed by atoms with van der Waals surface area (Å²) in [5.41, 5.74) is 5.85. The number of pyridine rings is 1. The van der Waals surface area contributed by atoms with Crippen LogP contribution in [-0.2, 0) is 4.79 Å². The van der Waals surface area contributed by atoms with Crippen LogP contribution in [0.3, 0.4) is 0 Å². The fraction of sp³-hybridized carbons (Fsp3) is 0.200. The van der Waals surface area contributed by atoms with Crippen LogP contribution in [0.25, 0.3) is 5.65 Å². The van der Waals surface area contributed by atoms with Crippen molar-refractivity contribution in [1.82, 2.24) is 14.6 Å². The van der Waals surface area contributed by atoms with Crippen molar-refractivity contribution in [2.45, 2.75) is 0 Å². The van der Waals surface area contributed by atoms with Gasteiger partial charge >= 0.3 is 11.9 Å². The van der Waals surface area contributed by atoms with E-state index in [4.69, 9.17) is 15.9 Å². The van der Waals surface area contributed by atoms with Crippen LogP contribution in [-0.4, -0.2) is 50.3 Å². The molecule has 0 unspecified atom stereocenters. The second-order valence-electron chi connectivity index (χ2n) is 3.90. The summed E-state index contributed by atoms with van der Waals surface area (Å²) >= 11 is 0. The Labute approximate surface area is 106 Å². The second kappa shape index (κ2) is 4.44. The van der Waals surface area contributed by atoms with Gasteiger partial charge in [-0.15, -0.1) is 5.10 Å². The number of nitrogens with zero attached hydrogens (tertiary/aromatic N) is 4. The maximum atomic E-state index is 11.2. The zero-order chi connectivity index (χ0) is 14.2. The molecule has 0 saturated heterocycles. The molecule has 0 atom stereocenters. The monoisotopic (exact) mass is 265 g/mol. The van der Waals surface area contributed by atoms with E-state index in [1.54, 1.807) is 0 Å². The van der Waals surface area contributed by atoms with E-state index >= 15 is 0 Å².